The van der Waals surface area contributed by atoms with Crippen LogP contribution in [-0.2, 0) is 16.1 Å². The first-order valence-corrected chi connectivity index (χ1v) is 7.72. The van der Waals surface area contributed by atoms with Crippen LogP contribution < -0.4 is 0 Å². The molecule has 6 heteroatoms. The Morgan fingerprint density at radius 3 is 2.91 bits per heavy atom. The fourth-order valence-corrected chi connectivity index (χ4v) is 3.29. The van der Waals surface area contributed by atoms with Gasteiger partial charge in [0.1, 0.15) is 11.6 Å². The summed E-state index contributed by atoms with van der Waals surface area (Å²) < 4.78 is 6.69. The van der Waals surface area contributed by atoms with E-state index in [0.717, 1.165) is 34.4 Å². The van der Waals surface area contributed by atoms with Crippen molar-refractivity contribution in [2.24, 2.45) is 0 Å². The normalized spacial score (nSPS) is 13.5. The van der Waals surface area contributed by atoms with Crippen molar-refractivity contribution in [2.75, 3.05) is 12.9 Å². The minimum Gasteiger partial charge on any atom is -0.465 e. The minimum absolute atomic E-state index is 0.0284. The lowest BCUT2D eigenvalue weighted by Gasteiger charge is -2.04. The van der Waals surface area contributed by atoms with Gasteiger partial charge in [-0.25, -0.2) is 9.78 Å². The number of hydrogen-bond acceptors (Lipinski definition) is 5. The Morgan fingerprint density at radius 1 is 1.45 bits per heavy atom. The number of imidazole rings is 1. The summed E-state index contributed by atoms with van der Waals surface area (Å²) in [6.07, 6.45) is 1.57. The first kappa shape index (κ1) is 14.4. The molecule has 5 nitrogen and oxygen atoms in total. The highest BCUT2D eigenvalue weighted by molar-refractivity contribution is 7.99. The molecular formula is C16H13N3O2S. The van der Waals surface area contributed by atoms with Crippen LogP contribution in [0.1, 0.15) is 5.69 Å². The third kappa shape index (κ3) is 2.51. The first-order chi connectivity index (χ1) is 10.7. The number of rotatable bonds is 3. The van der Waals surface area contributed by atoms with E-state index in [4.69, 9.17) is 0 Å². The van der Waals surface area contributed by atoms with E-state index in [0.29, 0.717) is 0 Å². The average Bonchev–Trinajstić information content (AvgIpc) is 3.14. The second-order valence-electron chi connectivity index (χ2n) is 4.66. The van der Waals surface area contributed by atoms with Crippen LogP contribution in [0.2, 0.25) is 0 Å². The van der Waals surface area contributed by atoms with Gasteiger partial charge in [-0.05, 0) is 6.08 Å². The Bertz CT molecular complexity index is 788. The number of aromatic nitrogens is 2. The summed E-state index contributed by atoms with van der Waals surface area (Å²) in [6, 6.07) is 11.6. The van der Waals surface area contributed by atoms with Gasteiger partial charge in [0.25, 0.3) is 0 Å². The van der Waals surface area contributed by atoms with Gasteiger partial charge in [-0.3, -0.25) is 0 Å². The molecule has 0 saturated heterocycles. The predicted octanol–water partition coefficient (Wildman–Crippen LogP) is 2.74. The fraction of sp³-hybridized carbons (Fsp3) is 0.188. The van der Waals surface area contributed by atoms with Gasteiger partial charge in [0.2, 0.25) is 0 Å². The third-order valence-corrected chi connectivity index (χ3v) is 4.33. The topological polar surface area (TPSA) is 67.9 Å². The number of esters is 1. The second kappa shape index (κ2) is 6.08. The Balaban J connectivity index is 2.16. The maximum Gasteiger partial charge on any atom is 0.348 e. The molecule has 0 atom stereocenters. The van der Waals surface area contributed by atoms with Gasteiger partial charge < -0.3 is 9.30 Å². The lowest BCUT2D eigenvalue weighted by Crippen LogP contribution is -2.04. The average molecular weight is 311 g/mol. The van der Waals surface area contributed by atoms with Crippen molar-refractivity contribution in [1.29, 1.82) is 5.26 Å². The van der Waals surface area contributed by atoms with Crippen molar-refractivity contribution < 1.29 is 9.53 Å². The number of hydrogen-bond donors (Lipinski definition) is 0. The Morgan fingerprint density at radius 2 is 2.23 bits per heavy atom. The third-order valence-electron chi connectivity index (χ3n) is 3.37. The first-order valence-electron chi connectivity index (χ1n) is 6.73. The quantitative estimate of drug-likeness (QED) is 0.495. The Labute approximate surface area is 132 Å². The molecule has 0 bridgehead atoms. The van der Waals surface area contributed by atoms with E-state index in [9.17, 15) is 10.1 Å². The summed E-state index contributed by atoms with van der Waals surface area (Å²) in [4.78, 5) is 16.3. The molecule has 0 aliphatic carbocycles. The molecule has 3 rings (SSSR count). The highest BCUT2D eigenvalue weighted by atomic mass is 32.2. The van der Waals surface area contributed by atoms with E-state index in [2.05, 4.69) is 9.72 Å². The number of thioether (sulfide) groups is 1. The van der Waals surface area contributed by atoms with Crippen molar-refractivity contribution in [2.45, 2.75) is 11.7 Å². The number of fused-ring (bicyclic) bond motifs is 1. The molecule has 0 fully saturated rings. The van der Waals surface area contributed by atoms with Crippen molar-refractivity contribution in [3.05, 3.63) is 41.6 Å². The van der Waals surface area contributed by atoms with Crippen LogP contribution in [0.15, 0.2) is 41.1 Å². The van der Waals surface area contributed by atoms with Gasteiger partial charge in [-0.1, -0.05) is 42.1 Å². The fourth-order valence-electron chi connectivity index (χ4n) is 2.34. The smallest absolute Gasteiger partial charge is 0.348 e. The van der Waals surface area contributed by atoms with Gasteiger partial charge in [0.05, 0.1) is 18.5 Å². The van der Waals surface area contributed by atoms with Crippen molar-refractivity contribution in [3.8, 4) is 17.3 Å². The summed E-state index contributed by atoms with van der Waals surface area (Å²) in [5.41, 5.74) is 2.48. The zero-order valence-electron chi connectivity index (χ0n) is 11.9. The zero-order valence-corrected chi connectivity index (χ0v) is 12.8. The second-order valence-corrected chi connectivity index (χ2v) is 5.72. The summed E-state index contributed by atoms with van der Waals surface area (Å²) >= 11 is 1.67. The van der Waals surface area contributed by atoms with E-state index < -0.39 is 5.97 Å². The predicted molar refractivity (Wildman–Crippen MR) is 84.0 cm³/mol. The van der Waals surface area contributed by atoms with Crippen LogP contribution in [0.5, 0.6) is 0 Å². The number of nitriles is 1. The maximum atomic E-state index is 11.7. The number of ether oxygens (including phenoxy) is 1. The summed E-state index contributed by atoms with van der Waals surface area (Å²) in [6.45, 7) is 0.811. The minimum atomic E-state index is -0.636. The Kier molecular flexibility index (Phi) is 3.98. The highest BCUT2D eigenvalue weighted by Crippen LogP contribution is 2.34. The summed E-state index contributed by atoms with van der Waals surface area (Å²) in [5.74, 6) is 0.306. The van der Waals surface area contributed by atoms with Crippen LogP contribution in [0.4, 0.5) is 0 Å². The standard InChI is InChI=1S/C16H13N3O2S/c1-21-15(20)12(10-17)9-13-14(11-5-3-2-4-6-11)18-16-19(13)7-8-22-16/h2-6,9H,7-8H2,1H3/b12-9-. The molecule has 110 valence electrons. The monoisotopic (exact) mass is 311 g/mol. The Hall–Kier alpha value is -2.52. The van der Waals surface area contributed by atoms with Gasteiger partial charge >= 0.3 is 5.97 Å². The van der Waals surface area contributed by atoms with E-state index in [1.807, 2.05) is 41.0 Å². The van der Waals surface area contributed by atoms with Crippen molar-refractivity contribution in [1.82, 2.24) is 9.55 Å². The lowest BCUT2D eigenvalue weighted by molar-refractivity contribution is -0.135. The molecule has 2 aromatic rings. The van der Waals surface area contributed by atoms with E-state index in [-0.39, 0.29) is 5.57 Å². The van der Waals surface area contributed by atoms with Crippen LogP contribution in [0, 0.1) is 11.3 Å². The number of carbonyl (C=O) groups excluding carboxylic acids is 1. The van der Waals surface area contributed by atoms with Gasteiger partial charge in [-0.15, -0.1) is 0 Å². The summed E-state index contributed by atoms with van der Waals surface area (Å²) in [7, 11) is 1.27. The number of benzene rings is 1. The van der Waals surface area contributed by atoms with Crippen LogP contribution >= 0.6 is 11.8 Å². The molecule has 0 radical (unpaired) electrons. The molecule has 22 heavy (non-hydrogen) atoms. The van der Waals surface area contributed by atoms with Crippen LogP contribution in [0.3, 0.4) is 0 Å². The van der Waals surface area contributed by atoms with E-state index >= 15 is 0 Å². The zero-order chi connectivity index (χ0) is 15.5. The molecule has 1 aliphatic heterocycles. The molecule has 0 N–H and O–H groups in total. The molecule has 2 heterocycles. The SMILES string of the molecule is COC(=O)/C(C#N)=C\c1c(-c2ccccc2)nc2n1CCS2. The van der Waals surface area contributed by atoms with Gasteiger partial charge in [0.15, 0.2) is 5.16 Å². The van der Waals surface area contributed by atoms with Gasteiger partial charge in [0, 0.05) is 17.9 Å². The molecule has 0 amide bonds. The van der Waals surface area contributed by atoms with E-state index in [1.54, 1.807) is 17.8 Å². The van der Waals surface area contributed by atoms with Crippen molar-refractivity contribution in [3.63, 3.8) is 0 Å². The largest absolute Gasteiger partial charge is 0.465 e. The summed E-state index contributed by atoms with van der Waals surface area (Å²) in [5, 5.41) is 10.1. The number of nitrogens with zero attached hydrogens (tertiary/aromatic N) is 3. The van der Waals surface area contributed by atoms with Crippen molar-refractivity contribution >= 4 is 23.8 Å². The molecule has 0 unspecified atom stereocenters. The lowest BCUT2D eigenvalue weighted by atomic mass is 10.1. The molecule has 0 saturated carbocycles. The van der Waals surface area contributed by atoms with E-state index in [1.165, 1.54) is 7.11 Å². The van der Waals surface area contributed by atoms with Crippen LogP contribution in [0.25, 0.3) is 17.3 Å². The highest BCUT2D eigenvalue weighted by Gasteiger charge is 2.23. The van der Waals surface area contributed by atoms with Crippen LogP contribution in [-0.4, -0.2) is 28.4 Å². The molecule has 1 aliphatic rings. The van der Waals surface area contributed by atoms with Gasteiger partial charge in [-0.2, -0.15) is 5.26 Å². The number of carbonyl (C=O) groups is 1. The molecule has 1 aromatic carbocycles. The molecule has 1 aromatic heterocycles. The molecular weight excluding hydrogens is 298 g/mol. The maximum absolute atomic E-state index is 11.7. The molecule has 0 spiro atoms. The number of methoxy groups -OCH3 is 1.